The van der Waals surface area contributed by atoms with E-state index in [0.29, 0.717) is 19.5 Å². The number of hydrogen-bond donors (Lipinski definition) is 3. The lowest BCUT2D eigenvalue weighted by Gasteiger charge is -2.19. The van der Waals surface area contributed by atoms with Crippen molar-refractivity contribution in [1.82, 2.24) is 10.3 Å². The minimum atomic E-state index is -0.618. The first kappa shape index (κ1) is 16.4. The van der Waals surface area contributed by atoms with Crippen LogP contribution in [0.3, 0.4) is 0 Å². The van der Waals surface area contributed by atoms with E-state index in [1.54, 1.807) is 13.3 Å². The quantitative estimate of drug-likeness (QED) is 0.680. The van der Waals surface area contributed by atoms with E-state index in [2.05, 4.69) is 10.3 Å². The highest BCUT2D eigenvalue weighted by Gasteiger charge is 2.15. The average Bonchev–Trinajstić information content (AvgIpc) is 2.56. The van der Waals surface area contributed by atoms with Gasteiger partial charge in [-0.15, -0.1) is 0 Å². The Hall–Kier alpha value is -1.95. The highest BCUT2D eigenvalue weighted by Crippen LogP contribution is 2.12. The molecule has 0 saturated heterocycles. The number of nitrogens with one attached hydrogen (secondary N) is 1. The first-order valence-corrected chi connectivity index (χ1v) is 7.36. The molecule has 0 aliphatic heterocycles. The summed E-state index contributed by atoms with van der Waals surface area (Å²) in [4.78, 5) is 4.22. The number of methoxy groups -OCH3 is 1. The number of hydrogen-bond acceptors (Lipinski definition) is 5. The molecule has 2 atom stereocenters. The molecule has 0 aliphatic carbocycles. The van der Waals surface area contributed by atoms with Crippen molar-refractivity contribution in [1.29, 1.82) is 0 Å². The van der Waals surface area contributed by atoms with Gasteiger partial charge >= 0.3 is 0 Å². The Labute approximate surface area is 131 Å². The number of nitrogens with two attached hydrogens (primary N) is 1. The number of aliphatic hydroxyl groups excluding tert-OH is 1. The Kier molecular flexibility index (Phi) is 6.33. The first-order chi connectivity index (χ1) is 10.7. The van der Waals surface area contributed by atoms with Gasteiger partial charge in [0.1, 0.15) is 5.75 Å². The third-order valence-electron chi connectivity index (χ3n) is 3.48. The molecule has 0 saturated carbocycles. The van der Waals surface area contributed by atoms with Gasteiger partial charge in [0, 0.05) is 37.4 Å². The van der Waals surface area contributed by atoms with E-state index in [9.17, 15) is 5.11 Å². The van der Waals surface area contributed by atoms with Crippen molar-refractivity contribution in [2.75, 3.05) is 13.7 Å². The van der Waals surface area contributed by atoms with Crippen LogP contribution >= 0.6 is 0 Å². The lowest BCUT2D eigenvalue weighted by molar-refractivity contribution is 0.141. The Morgan fingerprint density at radius 1 is 1.27 bits per heavy atom. The molecular formula is C17H23N3O2. The van der Waals surface area contributed by atoms with Crippen LogP contribution in [0.2, 0.25) is 0 Å². The molecule has 118 valence electrons. The summed E-state index contributed by atoms with van der Waals surface area (Å²) < 4.78 is 5.18. The van der Waals surface area contributed by atoms with E-state index in [-0.39, 0.29) is 6.04 Å². The average molecular weight is 301 g/mol. The summed E-state index contributed by atoms with van der Waals surface area (Å²) in [5.74, 6) is 0.826. The maximum atomic E-state index is 10.1. The largest absolute Gasteiger partial charge is 0.497 e. The summed E-state index contributed by atoms with van der Waals surface area (Å²) in [7, 11) is 1.65. The van der Waals surface area contributed by atoms with Gasteiger partial charge in [0.05, 0.1) is 13.2 Å². The number of aromatic nitrogens is 1. The van der Waals surface area contributed by atoms with E-state index in [1.165, 1.54) is 0 Å². The topological polar surface area (TPSA) is 80.4 Å². The first-order valence-electron chi connectivity index (χ1n) is 7.36. The number of aliphatic hydroxyl groups is 1. The van der Waals surface area contributed by atoms with Crippen molar-refractivity contribution >= 4 is 0 Å². The predicted octanol–water partition coefficient (Wildman–Crippen LogP) is 1.11. The van der Waals surface area contributed by atoms with Crippen molar-refractivity contribution in [2.45, 2.75) is 25.1 Å². The SMILES string of the molecule is COc1cccc(CNC[C@@H](O)[C@@H](N)Cc2ccccn2)c1. The third-order valence-corrected chi connectivity index (χ3v) is 3.48. The molecule has 0 aliphatic rings. The van der Waals surface area contributed by atoms with Gasteiger partial charge in [0.25, 0.3) is 0 Å². The van der Waals surface area contributed by atoms with Crippen molar-refractivity contribution in [3.63, 3.8) is 0 Å². The fourth-order valence-corrected chi connectivity index (χ4v) is 2.19. The standard InChI is InChI=1S/C17H23N3O2/c1-22-15-7-4-5-13(9-15)11-19-12-17(21)16(18)10-14-6-2-3-8-20-14/h2-9,16-17,19,21H,10-12,18H2,1H3/t16-,17+/m0/s1. The van der Waals surface area contributed by atoms with E-state index in [1.807, 2.05) is 42.5 Å². The van der Waals surface area contributed by atoms with Gasteiger partial charge in [0.2, 0.25) is 0 Å². The van der Waals surface area contributed by atoms with Crippen molar-refractivity contribution in [3.8, 4) is 5.75 Å². The molecule has 2 aromatic rings. The van der Waals surface area contributed by atoms with Crippen LogP contribution in [0.5, 0.6) is 5.75 Å². The Morgan fingerprint density at radius 3 is 2.86 bits per heavy atom. The van der Waals surface area contributed by atoms with Gasteiger partial charge in [0.15, 0.2) is 0 Å². The molecule has 0 radical (unpaired) electrons. The highest BCUT2D eigenvalue weighted by atomic mass is 16.5. The van der Waals surface area contributed by atoms with Crippen LogP contribution in [0.25, 0.3) is 0 Å². The number of pyridine rings is 1. The summed E-state index contributed by atoms with van der Waals surface area (Å²) in [6.07, 6.45) is 1.67. The summed E-state index contributed by atoms with van der Waals surface area (Å²) in [6.45, 7) is 1.09. The second-order valence-corrected chi connectivity index (χ2v) is 5.24. The molecule has 0 amide bonds. The lowest BCUT2D eigenvalue weighted by atomic mass is 10.1. The molecule has 4 N–H and O–H groups in total. The van der Waals surface area contributed by atoms with Crippen LogP contribution in [-0.2, 0) is 13.0 Å². The molecule has 1 aromatic heterocycles. The molecule has 2 rings (SSSR count). The van der Waals surface area contributed by atoms with Crippen molar-refractivity contribution in [2.24, 2.45) is 5.73 Å². The minimum Gasteiger partial charge on any atom is -0.497 e. The third kappa shape index (κ3) is 5.11. The van der Waals surface area contributed by atoms with Crippen LogP contribution in [0.1, 0.15) is 11.3 Å². The van der Waals surface area contributed by atoms with E-state index < -0.39 is 6.10 Å². The van der Waals surface area contributed by atoms with Crippen LogP contribution in [0.15, 0.2) is 48.7 Å². The number of ether oxygens (including phenoxy) is 1. The monoisotopic (exact) mass is 301 g/mol. The maximum Gasteiger partial charge on any atom is 0.119 e. The van der Waals surface area contributed by atoms with Crippen LogP contribution < -0.4 is 15.8 Å². The molecule has 22 heavy (non-hydrogen) atoms. The summed E-state index contributed by atoms with van der Waals surface area (Å²) >= 11 is 0. The van der Waals surface area contributed by atoms with E-state index in [4.69, 9.17) is 10.5 Å². The van der Waals surface area contributed by atoms with Gasteiger partial charge in [-0.1, -0.05) is 18.2 Å². The second kappa shape index (κ2) is 8.48. The van der Waals surface area contributed by atoms with Crippen molar-refractivity contribution in [3.05, 3.63) is 59.9 Å². The molecule has 0 fully saturated rings. The van der Waals surface area contributed by atoms with Gasteiger partial charge in [-0.2, -0.15) is 0 Å². The maximum absolute atomic E-state index is 10.1. The fraction of sp³-hybridized carbons (Fsp3) is 0.353. The fourth-order valence-electron chi connectivity index (χ4n) is 2.19. The Balaban J connectivity index is 1.76. The van der Waals surface area contributed by atoms with Gasteiger partial charge in [-0.25, -0.2) is 0 Å². The van der Waals surface area contributed by atoms with Gasteiger partial charge in [-0.05, 0) is 29.8 Å². The normalized spacial score (nSPS) is 13.6. The van der Waals surface area contributed by atoms with Crippen molar-refractivity contribution < 1.29 is 9.84 Å². The molecule has 1 heterocycles. The lowest BCUT2D eigenvalue weighted by Crippen LogP contribution is -2.43. The number of rotatable bonds is 8. The predicted molar refractivity (Wildman–Crippen MR) is 86.6 cm³/mol. The zero-order chi connectivity index (χ0) is 15.8. The number of benzene rings is 1. The van der Waals surface area contributed by atoms with Crippen LogP contribution in [0.4, 0.5) is 0 Å². The van der Waals surface area contributed by atoms with Crippen LogP contribution in [-0.4, -0.2) is 35.9 Å². The smallest absolute Gasteiger partial charge is 0.119 e. The summed E-state index contributed by atoms with van der Waals surface area (Å²) in [5.41, 5.74) is 8.02. The molecule has 5 heteroatoms. The minimum absolute atomic E-state index is 0.340. The van der Waals surface area contributed by atoms with E-state index in [0.717, 1.165) is 17.0 Å². The zero-order valence-electron chi connectivity index (χ0n) is 12.8. The van der Waals surface area contributed by atoms with Gasteiger partial charge in [-0.3, -0.25) is 4.98 Å². The molecule has 1 aromatic carbocycles. The Bertz CT molecular complexity index is 563. The van der Waals surface area contributed by atoms with Crippen LogP contribution in [0, 0.1) is 0 Å². The molecule has 0 spiro atoms. The summed E-state index contributed by atoms with van der Waals surface area (Å²) in [5, 5.41) is 13.3. The highest BCUT2D eigenvalue weighted by molar-refractivity contribution is 5.28. The molecule has 5 nitrogen and oxygen atoms in total. The summed E-state index contributed by atoms with van der Waals surface area (Å²) in [6, 6.07) is 13.2. The molecule has 0 unspecified atom stereocenters. The molecular weight excluding hydrogens is 278 g/mol. The Morgan fingerprint density at radius 2 is 2.14 bits per heavy atom. The second-order valence-electron chi connectivity index (χ2n) is 5.24. The number of nitrogens with zero attached hydrogens (tertiary/aromatic N) is 1. The van der Waals surface area contributed by atoms with Gasteiger partial charge < -0.3 is 20.9 Å². The molecule has 0 bridgehead atoms. The van der Waals surface area contributed by atoms with E-state index >= 15 is 0 Å². The zero-order valence-corrected chi connectivity index (χ0v) is 12.8.